The Morgan fingerprint density at radius 3 is 3.00 bits per heavy atom. The molecule has 1 spiro atoms. The Hall–Kier alpha value is 0.190. The van der Waals surface area contributed by atoms with Crippen molar-refractivity contribution >= 4 is 11.8 Å². The van der Waals surface area contributed by atoms with Gasteiger partial charge in [0.2, 0.25) is 0 Å². The first kappa shape index (κ1) is 15.6. The Morgan fingerprint density at radius 1 is 1.58 bits per heavy atom. The molecule has 3 N–H and O–H groups in total. The van der Waals surface area contributed by atoms with Gasteiger partial charge in [-0.05, 0) is 37.4 Å². The summed E-state index contributed by atoms with van der Waals surface area (Å²) >= 11 is 2.02. The standard InChI is InChI=1S/C14H28N2O2S/c1-3-4-12(17-2)13(16-15)11-5-7-18-14(9-11)6-8-19-10-14/h11-13,16H,3-10,15H2,1-2H3. The van der Waals surface area contributed by atoms with Crippen LogP contribution in [-0.4, -0.2) is 43.0 Å². The summed E-state index contributed by atoms with van der Waals surface area (Å²) in [5, 5.41) is 0. The number of rotatable bonds is 6. The molecule has 0 aliphatic carbocycles. The SMILES string of the molecule is CCCC(OC)C(NN)C1CCOC2(CCSC2)C1. The molecule has 2 saturated heterocycles. The number of nitrogens with one attached hydrogen (secondary N) is 1. The third-order valence-electron chi connectivity index (χ3n) is 4.58. The van der Waals surface area contributed by atoms with Crippen LogP contribution in [0.2, 0.25) is 0 Å². The highest BCUT2D eigenvalue weighted by atomic mass is 32.2. The number of hydrogen-bond donors (Lipinski definition) is 2. The number of nitrogens with two attached hydrogens (primary N) is 1. The van der Waals surface area contributed by atoms with E-state index < -0.39 is 0 Å². The van der Waals surface area contributed by atoms with Crippen LogP contribution in [-0.2, 0) is 9.47 Å². The van der Waals surface area contributed by atoms with E-state index in [4.69, 9.17) is 15.3 Å². The topological polar surface area (TPSA) is 56.5 Å². The smallest absolute Gasteiger partial charge is 0.0783 e. The van der Waals surface area contributed by atoms with Crippen LogP contribution in [0.1, 0.15) is 39.0 Å². The van der Waals surface area contributed by atoms with Gasteiger partial charge in [-0.25, -0.2) is 0 Å². The van der Waals surface area contributed by atoms with Crippen molar-refractivity contribution in [1.29, 1.82) is 0 Å². The second-order valence-electron chi connectivity index (χ2n) is 5.84. The van der Waals surface area contributed by atoms with Crippen LogP contribution in [0.4, 0.5) is 0 Å². The average molecular weight is 288 g/mol. The van der Waals surface area contributed by atoms with Crippen molar-refractivity contribution in [2.45, 2.75) is 56.8 Å². The molecule has 19 heavy (non-hydrogen) atoms. The number of hydrazine groups is 1. The quantitative estimate of drug-likeness (QED) is 0.578. The van der Waals surface area contributed by atoms with E-state index in [-0.39, 0.29) is 17.7 Å². The molecule has 4 unspecified atom stereocenters. The second-order valence-corrected chi connectivity index (χ2v) is 6.95. The number of ether oxygens (including phenoxy) is 2. The van der Waals surface area contributed by atoms with Gasteiger partial charge in [-0.1, -0.05) is 13.3 Å². The summed E-state index contributed by atoms with van der Waals surface area (Å²) in [5.41, 5.74) is 3.14. The lowest BCUT2D eigenvalue weighted by atomic mass is 9.79. The highest BCUT2D eigenvalue weighted by Crippen LogP contribution is 2.41. The average Bonchev–Trinajstić information content (AvgIpc) is 2.86. The van der Waals surface area contributed by atoms with Gasteiger partial charge in [0.1, 0.15) is 0 Å². The maximum Gasteiger partial charge on any atom is 0.0783 e. The van der Waals surface area contributed by atoms with Crippen LogP contribution in [0.5, 0.6) is 0 Å². The molecule has 0 amide bonds. The van der Waals surface area contributed by atoms with Gasteiger partial charge in [0, 0.05) is 19.5 Å². The normalized spacial score (nSPS) is 34.6. The van der Waals surface area contributed by atoms with E-state index in [2.05, 4.69) is 12.3 Å². The fraction of sp³-hybridized carbons (Fsp3) is 1.00. The molecule has 2 rings (SSSR count). The van der Waals surface area contributed by atoms with E-state index >= 15 is 0 Å². The molecule has 2 heterocycles. The molecule has 4 nitrogen and oxygen atoms in total. The zero-order chi connectivity index (χ0) is 13.7. The Labute approximate surface area is 121 Å². The van der Waals surface area contributed by atoms with Crippen molar-refractivity contribution in [3.05, 3.63) is 0 Å². The summed E-state index contributed by atoms with van der Waals surface area (Å²) in [6, 6.07) is 0.247. The maximum absolute atomic E-state index is 6.09. The molecule has 2 aliphatic rings. The number of thioether (sulfide) groups is 1. The molecule has 0 saturated carbocycles. The zero-order valence-electron chi connectivity index (χ0n) is 12.2. The number of methoxy groups -OCH3 is 1. The lowest BCUT2D eigenvalue weighted by Gasteiger charge is -2.42. The molecule has 5 heteroatoms. The third kappa shape index (κ3) is 3.64. The highest BCUT2D eigenvalue weighted by molar-refractivity contribution is 7.99. The highest BCUT2D eigenvalue weighted by Gasteiger charge is 2.43. The van der Waals surface area contributed by atoms with E-state index in [1.165, 1.54) is 12.2 Å². The predicted octanol–water partition coefficient (Wildman–Crippen LogP) is 1.94. The minimum atomic E-state index is 0.118. The van der Waals surface area contributed by atoms with E-state index in [0.717, 1.165) is 38.0 Å². The molecule has 0 bridgehead atoms. The van der Waals surface area contributed by atoms with Crippen molar-refractivity contribution in [1.82, 2.24) is 5.43 Å². The monoisotopic (exact) mass is 288 g/mol. The molecule has 112 valence electrons. The Morgan fingerprint density at radius 2 is 2.42 bits per heavy atom. The Kier molecular flexibility index (Phi) is 5.96. The summed E-state index contributed by atoms with van der Waals surface area (Å²) in [4.78, 5) is 0. The van der Waals surface area contributed by atoms with Crippen LogP contribution in [0, 0.1) is 5.92 Å². The maximum atomic E-state index is 6.09. The predicted molar refractivity (Wildman–Crippen MR) is 80.2 cm³/mol. The Balaban J connectivity index is 2.00. The van der Waals surface area contributed by atoms with Crippen molar-refractivity contribution in [2.75, 3.05) is 25.2 Å². The minimum Gasteiger partial charge on any atom is -0.380 e. The lowest BCUT2D eigenvalue weighted by Crippen LogP contribution is -2.54. The molecule has 2 aliphatic heterocycles. The summed E-state index contributed by atoms with van der Waals surface area (Å²) < 4.78 is 11.8. The van der Waals surface area contributed by atoms with Gasteiger partial charge in [0.25, 0.3) is 0 Å². The molecule has 2 fully saturated rings. The summed E-state index contributed by atoms with van der Waals surface area (Å²) in [5.74, 6) is 8.76. The number of hydrogen-bond acceptors (Lipinski definition) is 5. The van der Waals surface area contributed by atoms with Gasteiger partial charge < -0.3 is 9.47 Å². The van der Waals surface area contributed by atoms with E-state index in [0.29, 0.717) is 5.92 Å². The summed E-state index contributed by atoms with van der Waals surface area (Å²) in [6.45, 7) is 3.06. The molecule has 0 aromatic carbocycles. The van der Waals surface area contributed by atoms with Gasteiger partial charge in [-0.2, -0.15) is 11.8 Å². The first-order chi connectivity index (χ1) is 9.24. The molecular weight excluding hydrogens is 260 g/mol. The van der Waals surface area contributed by atoms with Gasteiger partial charge in [-0.3, -0.25) is 11.3 Å². The molecule has 0 aromatic heterocycles. The van der Waals surface area contributed by atoms with Crippen LogP contribution in [0.25, 0.3) is 0 Å². The van der Waals surface area contributed by atoms with Crippen LogP contribution in [0.15, 0.2) is 0 Å². The van der Waals surface area contributed by atoms with Crippen LogP contribution >= 0.6 is 11.8 Å². The van der Waals surface area contributed by atoms with Crippen LogP contribution in [0.3, 0.4) is 0 Å². The second kappa shape index (κ2) is 7.27. The fourth-order valence-electron chi connectivity index (χ4n) is 3.51. The lowest BCUT2D eigenvalue weighted by molar-refractivity contribution is -0.0957. The van der Waals surface area contributed by atoms with Gasteiger partial charge in [0.15, 0.2) is 0 Å². The van der Waals surface area contributed by atoms with E-state index in [9.17, 15) is 0 Å². The summed E-state index contributed by atoms with van der Waals surface area (Å²) in [6.07, 6.45) is 5.80. The van der Waals surface area contributed by atoms with Crippen molar-refractivity contribution in [2.24, 2.45) is 11.8 Å². The third-order valence-corrected chi connectivity index (χ3v) is 5.80. The van der Waals surface area contributed by atoms with Gasteiger partial charge in [0.05, 0.1) is 17.7 Å². The van der Waals surface area contributed by atoms with Crippen molar-refractivity contribution in [3.8, 4) is 0 Å². The van der Waals surface area contributed by atoms with Gasteiger partial charge in [-0.15, -0.1) is 0 Å². The minimum absolute atomic E-state index is 0.118. The molecule has 0 aromatic rings. The largest absolute Gasteiger partial charge is 0.380 e. The Bertz CT molecular complexity index is 272. The first-order valence-electron chi connectivity index (χ1n) is 7.45. The van der Waals surface area contributed by atoms with Gasteiger partial charge >= 0.3 is 0 Å². The van der Waals surface area contributed by atoms with E-state index in [1.807, 2.05) is 11.8 Å². The van der Waals surface area contributed by atoms with Crippen LogP contribution < -0.4 is 11.3 Å². The van der Waals surface area contributed by atoms with Crippen molar-refractivity contribution in [3.63, 3.8) is 0 Å². The van der Waals surface area contributed by atoms with Crippen molar-refractivity contribution < 1.29 is 9.47 Å². The van der Waals surface area contributed by atoms with E-state index in [1.54, 1.807) is 7.11 Å². The first-order valence-corrected chi connectivity index (χ1v) is 8.61. The fourth-order valence-corrected chi connectivity index (χ4v) is 4.89. The summed E-state index contributed by atoms with van der Waals surface area (Å²) in [7, 11) is 1.80. The zero-order valence-corrected chi connectivity index (χ0v) is 13.0. The molecular formula is C14H28N2O2S. The molecule has 0 radical (unpaired) electrons. The molecule has 4 atom stereocenters.